The number of nitrogens with two attached hydrogens (primary N) is 1. The molecule has 1 amide bonds. The first-order valence-electron chi connectivity index (χ1n) is 7.35. The molecule has 0 aromatic heterocycles. The van der Waals surface area contributed by atoms with Gasteiger partial charge in [-0.05, 0) is 50.4 Å². The third-order valence-electron chi connectivity index (χ3n) is 3.20. The van der Waals surface area contributed by atoms with Crippen LogP contribution in [-0.4, -0.2) is 18.5 Å². The molecule has 1 aromatic rings. The van der Waals surface area contributed by atoms with Crippen LogP contribution >= 0.6 is 15.9 Å². The van der Waals surface area contributed by atoms with Gasteiger partial charge in [0.25, 0.3) is 0 Å². The number of hydrogen-bond donors (Lipinski definition) is 2. The van der Waals surface area contributed by atoms with Gasteiger partial charge in [0.1, 0.15) is 0 Å². The maximum atomic E-state index is 11.8. The van der Waals surface area contributed by atoms with Crippen molar-refractivity contribution in [3.8, 4) is 0 Å². The third kappa shape index (κ3) is 7.65. The molecule has 0 bridgehead atoms. The number of nitrogens with one attached hydrogen (secondary N) is 1. The lowest BCUT2D eigenvalue weighted by atomic mass is 10.1. The van der Waals surface area contributed by atoms with E-state index >= 15 is 0 Å². The topological polar surface area (TPSA) is 55.1 Å². The molecular weight excluding hydrogens is 316 g/mol. The molecular formula is C16H25BrN2O. The highest BCUT2D eigenvalue weighted by atomic mass is 79.9. The zero-order chi connectivity index (χ0) is 14.8. The van der Waals surface area contributed by atoms with E-state index in [1.807, 2.05) is 19.1 Å². The van der Waals surface area contributed by atoms with E-state index in [-0.39, 0.29) is 11.9 Å². The van der Waals surface area contributed by atoms with Crippen LogP contribution < -0.4 is 11.1 Å². The first-order valence-corrected chi connectivity index (χ1v) is 8.15. The zero-order valence-electron chi connectivity index (χ0n) is 12.2. The van der Waals surface area contributed by atoms with Crippen molar-refractivity contribution in [3.63, 3.8) is 0 Å². The number of benzene rings is 1. The smallest absolute Gasteiger partial charge is 0.220 e. The number of halogens is 1. The largest absolute Gasteiger partial charge is 0.353 e. The number of amides is 1. The number of carbonyl (C=O) groups excluding carboxylic acids is 1. The zero-order valence-corrected chi connectivity index (χ0v) is 13.8. The number of unbranched alkanes of at least 4 members (excludes halogenated alkanes) is 3. The highest BCUT2D eigenvalue weighted by molar-refractivity contribution is 9.10. The van der Waals surface area contributed by atoms with Crippen molar-refractivity contribution in [3.05, 3.63) is 34.3 Å². The van der Waals surface area contributed by atoms with Gasteiger partial charge in [-0.25, -0.2) is 0 Å². The number of carbonyl (C=O) groups is 1. The van der Waals surface area contributed by atoms with Crippen molar-refractivity contribution in [2.75, 3.05) is 6.54 Å². The van der Waals surface area contributed by atoms with Crippen molar-refractivity contribution < 1.29 is 4.79 Å². The fourth-order valence-corrected chi connectivity index (χ4v) is 2.65. The SMILES string of the molecule is CC(Cc1cccc(Br)c1)NC(=O)CCCCCCN. The Balaban J connectivity index is 2.21. The average Bonchev–Trinajstić information content (AvgIpc) is 2.38. The maximum absolute atomic E-state index is 11.8. The molecule has 0 fully saturated rings. The molecule has 3 N–H and O–H groups in total. The van der Waals surface area contributed by atoms with Gasteiger partial charge in [0.2, 0.25) is 5.91 Å². The van der Waals surface area contributed by atoms with Crippen LogP contribution in [0.5, 0.6) is 0 Å². The second-order valence-electron chi connectivity index (χ2n) is 5.26. The van der Waals surface area contributed by atoms with Gasteiger partial charge in [0, 0.05) is 16.9 Å². The first-order chi connectivity index (χ1) is 9.61. The first kappa shape index (κ1) is 17.2. The summed E-state index contributed by atoms with van der Waals surface area (Å²) in [5.41, 5.74) is 6.67. The molecule has 1 aromatic carbocycles. The molecule has 0 aliphatic heterocycles. The summed E-state index contributed by atoms with van der Waals surface area (Å²) >= 11 is 3.46. The van der Waals surface area contributed by atoms with E-state index in [1.54, 1.807) is 0 Å². The van der Waals surface area contributed by atoms with Gasteiger partial charge < -0.3 is 11.1 Å². The summed E-state index contributed by atoms with van der Waals surface area (Å²) < 4.78 is 1.08. The summed E-state index contributed by atoms with van der Waals surface area (Å²) in [7, 11) is 0. The van der Waals surface area contributed by atoms with Gasteiger partial charge in [0.15, 0.2) is 0 Å². The molecule has 0 aliphatic carbocycles. The summed E-state index contributed by atoms with van der Waals surface area (Å²) in [6.45, 7) is 2.79. The summed E-state index contributed by atoms with van der Waals surface area (Å²) in [4.78, 5) is 11.8. The van der Waals surface area contributed by atoms with E-state index in [2.05, 4.69) is 33.4 Å². The molecule has 0 aliphatic rings. The molecule has 20 heavy (non-hydrogen) atoms. The molecule has 4 heteroatoms. The van der Waals surface area contributed by atoms with Crippen molar-refractivity contribution in [2.24, 2.45) is 5.73 Å². The minimum Gasteiger partial charge on any atom is -0.353 e. The molecule has 112 valence electrons. The van der Waals surface area contributed by atoms with E-state index < -0.39 is 0 Å². The van der Waals surface area contributed by atoms with Crippen LogP contribution in [0.15, 0.2) is 28.7 Å². The fourth-order valence-electron chi connectivity index (χ4n) is 2.20. The number of hydrogen-bond acceptors (Lipinski definition) is 2. The third-order valence-corrected chi connectivity index (χ3v) is 3.69. The monoisotopic (exact) mass is 340 g/mol. The predicted molar refractivity (Wildman–Crippen MR) is 87.6 cm³/mol. The van der Waals surface area contributed by atoms with E-state index in [0.29, 0.717) is 6.42 Å². The van der Waals surface area contributed by atoms with Crippen LogP contribution in [0.4, 0.5) is 0 Å². The van der Waals surface area contributed by atoms with Gasteiger partial charge in [-0.2, -0.15) is 0 Å². The van der Waals surface area contributed by atoms with E-state index in [4.69, 9.17) is 5.73 Å². The van der Waals surface area contributed by atoms with Crippen LogP contribution in [0.25, 0.3) is 0 Å². The minimum atomic E-state index is 0.153. The quantitative estimate of drug-likeness (QED) is 0.677. The van der Waals surface area contributed by atoms with Crippen LogP contribution in [0.1, 0.15) is 44.6 Å². The lowest BCUT2D eigenvalue weighted by Gasteiger charge is -2.14. The van der Waals surface area contributed by atoms with E-state index in [1.165, 1.54) is 5.56 Å². The molecule has 0 spiro atoms. The number of rotatable bonds is 9. The minimum absolute atomic E-state index is 0.153. The molecule has 1 rings (SSSR count). The molecule has 0 saturated carbocycles. The van der Waals surface area contributed by atoms with Gasteiger partial charge in [-0.1, -0.05) is 40.9 Å². The molecule has 0 saturated heterocycles. The normalized spacial score (nSPS) is 12.2. The lowest BCUT2D eigenvalue weighted by molar-refractivity contribution is -0.121. The summed E-state index contributed by atoms with van der Waals surface area (Å²) in [6, 6.07) is 8.37. The molecule has 0 heterocycles. The molecule has 1 unspecified atom stereocenters. The summed E-state index contributed by atoms with van der Waals surface area (Å²) in [6.07, 6.45) is 5.70. The van der Waals surface area contributed by atoms with Crippen LogP contribution in [-0.2, 0) is 11.2 Å². The average molecular weight is 341 g/mol. The van der Waals surface area contributed by atoms with Crippen LogP contribution in [0.2, 0.25) is 0 Å². The second-order valence-corrected chi connectivity index (χ2v) is 6.17. The van der Waals surface area contributed by atoms with Gasteiger partial charge >= 0.3 is 0 Å². The molecule has 1 atom stereocenters. The highest BCUT2D eigenvalue weighted by Crippen LogP contribution is 2.13. The van der Waals surface area contributed by atoms with Crippen molar-refractivity contribution >= 4 is 21.8 Å². The lowest BCUT2D eigenvalue weighted by Crippen LogP contribution is -2.33. The van der Waals surface area contributed by atoms with Crippen molar-refractivity contribution in [2.45, 2.75) is 51.5 Å². The van der Waals surface area contributed by atoms with E-state index in [0.717, 1.165) is 43.1 Å². The predicted octanol–water partition coefficient (Wildman–Crippen LogP) is 3.41. The Morgan fingerprint density at radius 3 is 2.75 bits per heavy atom. The maximum Gasteiger partial charge on any atom is 0.220 e. The summed E-state index contributed by atoms with van der Waals surface area (Å²) in [5.74, 6) is 0.153. The standard InChI is InChI=1S/C16H25BrN2O/c1-13(11-14-7-6-8-15(17)12-14)19-16(20)9-4-2-3-5-10-18/h6-8,12-13H,2-5,9-11,18H2,1H3,(H,19,20). The Morgan fingerprint density at radius 2 is 2.05 bits per heavy atom. The van der Waals surface area contributed by atoms with Crippen LogP contribution in [0.3, 0.4) is 0 Å². The van der Waals surface area contributed by atoms with E-state index in [9.17, 15) is 4.79 Å². The fraction of sp³-hybridized carbons (Fsp3) is 0.562. The Kier molecular flexibility index (Phi) is 8.54. The van der Waals surface area contributed by atoms with Gasteiger partial charge in [-0.15, -0.1) is 0 Å². The Bertz CT molecular complexity index is 409. The Labute approximate surface area is 130 Å². The van der Waals surface area contributed by atoms with Crippen LogP contribution in [0, 0.1) is 0 Å². The second kappa shape index (κ2) is 9.94. The molecule has 0 radical (unpaired) electrons. The van der Waals surface area contributed by atoms with Crippen molar-refractivity contribution in [1.29, 1.82) is 0 Å². The van der Waals surface area contributed by atoms with Gasteiger partial charge in [-0.3, -0.25) is 4.79 Å². The highest BCUT2D eigenvalue weighted by Gasteiger charge is 2.08. The molecule has 3 nitrogen and oxygen atoms in total. The van der Waals surface area contributed by atoms with Crippen molar-refractivity contribution in [1.82, 2.24) is 5.32 Å². The Hall–Kier alpha value is -0.870. The summed E-state index contributed by atoms with van der Waals surface area (Å²) in [5, 5.41) is 3.06. The van der Waals surface area contributed by atoms with Gasteiger partial charge in [0.05, 0.1) is 0 Å². The Morgan fingerprint density at radius 1 is 1.30 bits per heavy atom.